The van der Waals surface area contributed by atoms with E-state index in [-0.39, 0.29) is 23.0 Å². The minimum atomic E-state index is -5.60. The molecule has 2 saturated carbocycles. The fourth-order valence-electron chi connectivity index (χ4n) is 5.02. The lowest BCUT2D eigenvalue weighted by molar-refractivity contribution is -0.286. The summed E-state index contributed by atoms with van der Waals surface area (Å²) in [6.07, 6.45) is -9.90. The van der Waals surface area contributed by atoms with Gasteiger partial charge in [-0.3, -0.25) is 14.5 Å². The molecule has 1 spiro atoms. The van der Waals surface area contributed by atoms with E-state index in [1.54, 1.807) is 0 Å². The van der Waals surface area contributed by atoms with Crippen molar-refractivity contribution in [3.8, 4) is 5.88 Å². The Kier molecular flexibility index (Phi) is 5.67. The van der Waals surface area contributed by atoms with Crippen molar-refractivity contribution in [2.24, 2.45) is 17.1 Å². The Morgan fingerprint density at radius 2 is 1.79 bits per heavy atom. The summed E-state index contributed by atoms with van der Waals surface area (Å²) in [6, 6.07) is -0.516. The molecule has 8 nitrogen and oxygen atoms in total. The Hall–Kier alpha value is -3.06. The Bertz CT molecular complexity index is 986. The van der Waals surface area contributed by atoms with E-state index in [1.165, 1.54) is 18.3 Å². The third kappa shape index (κ3) is 4.37. The second kappa shape index (κ2) is 8.01. The van der Waals surface area contributed by atoms with Crippen LogP contribution in [0, 0.1) is 11.3 Å². The van der Waals surface area contributed by atoms with Crippen LogP contribution in [0.1, 0.15) is 42.5 Å². The van der Waals surface area contributed by atoms with Gasteiger partial charge in [-0.2, -0.15) is 26.3 Å². The first-order valence-electron chi connectivity index (χ1n) is 10.4. The fraction of sp³-hybridized carbons (Fsp3) is 0.600. The Morgan fingerprint density at radius 3 is 2.35 bits per heavy atom. The third-order valence-corrected chi connectivity index (χ3v) is 6.65. The molecule has 3 aliphatic rings. The molecule has 3 N–H and O–H groups in total. The van der Waals surface area contributed by atoms with E-state index in [0.29, 0.717) is 25.7 Å². The van der Waals surface area contributed by atoms with E-state index in [4.69, 9.17) is 10.5 Å². The number of aromatic nitrogens is 1. The van der Waals surface area contributed by atoms with Crippen molar-refractivity contribution >= 4 is 17.8 Å². The highest BCUT2D eigenvalue weighted by atomic mass is 19.4. The molecule has 2 aliphatic carbocycles. The van der Waals surface area contributed by atoms with Crippen LogP contribution in [0.3, 0.4) is 0 Å². The third-order valence-electron chi connectivity index (χ3n) is 6.65. The number of imide groups is 1. The summed E-state index contributed by atoms with van der Waals surface area (Å²) in [6.45, 7) is 0. The van der Waals surface area contributed by atoms with Crippen LogP contribution in [0.25, 0.3) is 0 Å². The number of primary amides is 1. The predicted molar refractivity (Wildman–Crippen MR) is 101 cm³/mol. The van der Waals surface area contributed by atoms with Crippen LogP contribution in [0.2, 0.25) is 0 Å². The van der Waals surface area contributed by atoms with Gasteiger partial charge >= 0.3 is 18.4 Å². The first-order chi connectivity index (χ1) is 15.7. The van der Waals surface area contributed by atoms with E-state index in [1.807, 2.05) is 5.32 Å². The van der Waals surface area contributed by atoms with Crippen LogP contribution < -0.4 is 15.8 Å². The maximum absolute atomic E-state index is 12.8. The van der Waals surface area contributed by atoms with Gasteiger partial charge in [0.2, 0.25) is 5.88 Å². The molecule has 1 saturated heterocycles. The quantitative estimate of drug-likeness (QED) is 0.466. The first kappa shape index (κ1) is 24.1. The van der Waals surface area contributed by atoms with Crippen molar-refractivity contribution < 1.29 is 45.5 Å². The maximum Gasteiger partial charge on any atom is 0.400 e. The van der Waals surface area contributed by atoms with Crippen LogP contribution in [-0.2, 0) is 4.79 Å². The van der Waals surface area contributed by atoms with Gasteiger partial charge in [-0.1, -0.05) is 0 Å². The number of rotatable bonds is 6. The number of nitrogens with two attached hydrogens (primary N) is 1. The van der Waals surface area contributed by atoms with E-state index in [9.17, 15) is 40.7 Å². The van der Waals surface area contributed by atoms with Gasteiger partial charge in [-0.25, -0.2) is 9.78 Å². The van der Waals surface area contributed by atoms with Gasteiger partial charge in [0, 0.05) is 12.2 Å². The molecule has 1 atom stereocenters. The number of hydrogen-bond acceptors (Lipinski definition) is 5. The van der Waals surface area contributed by atoms with E-state index < -0.39 is 54.6 Å². The molecule has 14 heteroatoms. The molecule has 0 radical (unpaired) electrons. The number of amides is 4. The Labute approximate surface area is 188 Å². The number of nitrogens with one attached hydrogen (secondary N) is 1. The number of hydrogen-bond donors (Lipinski definition) is 2. The van der Waals surface area contributed by atoms with E-state index >= 15 is 0 Å². The number of urea groups is 1. The van der Waals surface area contributed by atoms with E-state index in [0.717, 1.165) is 4.90 Å². The number of alkyl halides is 6. The van der Waals surface area contributed by atoms with Crippen LogP contribution in [0.5, 0.6) is 5.88 Å². The van der Waals surface area contributed by atoms with E-state index in [2.05, 4.69) is 4.98 Å². The summed E-state index contributed by atoms with van der Waals surface area (Å²) in [5, 5.41) is 1.96. The summed E-state index contributed by atoms with van der Waals surface area (Å²) in [5.74, 6) is -5.42. The number of ether oxygens (including phenoxy) is 1. The highest BCUT2D eigenvalue weighted by molar-refractivity contribution is 6.04. The fourth-order valence-corrected chi connectivity index (χ4v) is 5.02. The topological polar surface area (TPSA) is 115 Å². The average molecular weight is 494 g/mol. The number of halogens is 6. The monoisotopic (exact) mass is 494 g/mol. The molecule has 1 unspecified atom stereocenters. The zero-order valence-electron chi connectivity index (χ0n) is 17.4. The molecular formula is C20H20F6N4O4. The van der Waals surface area contributed by atoms with Gasteiger partial charge in [0.1, 0.15) is 17.7 Å². The molecule has 4 amide bonds. The number of pyridine rings is 1. The molecular weight excluding hydrogens is 474 g/mol. The standard InChI is InChI=1S/C20H20F6N4O4/c21-19(22,23)13(20(24,25)26)4-12-16(32)30(17(33)29-12)9-5-18(6-9)7-10(8-18)34-15-11(14(27)31)2-1-3-28-15/h1-3,9-10,12-13H,4-8H2,(H2,27,31)(H,29,33)/t9-,10-,12?,18?. The Balaban J connectivity index is 1.33. The molecule has 0 bridgehead atoms. The maximum atomic E-state index is 12.8. The SMILES string of the molecule is NC(=O)c1cccnc1O[C@H]1CC2(C1)C[C@H](N1C(=O)NC(CC(C(F)(F)F)C(F)(F)F)C1=O)C2. The zero-order chi connectivity index (χ0) is 25.1. The highest BCUT2D eigenvalue weighted by Gasteiger charge is 2.61. The summed E-state index contributed by atoms with van der Waals surface area (Å²) in [4.78, 5) is 40.9. The molecule has 34 heavy (non-hydrogen) atoms. The minimum Gasteiger partial charge on any atom is -0.474 e. The van der Waals surface area contributed by atoms with Crippen molar-refractivity contribution in [1.82, 2.24) is 15.2 Å². The molecule has 0 aromatic carbocycles. The highest BCUT2D eigenvalue weighted by Crippen LogP contribution is 2.58. The minimum absolute atomic E-state index is 0.0894. The molecule has 1 aromatic heterocycles. The van der Waals surface area contributed by atoms with Crippen molar-refractivity contribution in [3.63, 3.8) is 0 Å². The van der Waals surface area contributed by atoms with Gasteiger partial charge in [0.15, 0.2) is 5.92 Å². The normalized spacial score (nSPS) is 29.1. The van der Waals surface area contributed by atoms with Gasteiger partial charge in [-0.15, -0.1) is 0 Å². The van der Waals surface area contributed by atoms with Crippen LogP contribution in [-0.4, -0.2) is 58.3 Å². The molecule has 1 aromatic rings. The zero-order valence-corrected chi connectivity index (χ0v) is 17.4. The first-order valence-corrected chi connectivity index (χ1v) is 10.4. The van der Waals surface area contributed by atoms with Crippen LogP contribution in [0.15, 0.2) is 18.3 Å². The summed E-state index contributed by atoms with van der Waals surface area (Å²) < 4.78 is 82.8. The van der Waals surface area contributed by atoms with Crippen molar-refractivity contribution in [3.05, 3.63) is 23.9 Å². The van der Waals surface area contributed by atoms with Crippen LogP contribution in [0.4, 0.5) is 31.1 Å². The molecule has 1 aliphatic heterocycles. The lowest BCUT2D eigenvalue weighted by atomic mass is 9.52. The summed E-state index contributed by atoms with van der Waals surface area (Å²) in [7, 11) is 0. The number of nitrogens with zero attached hydrogens (tertiary/aromatic N) is 2. The van der Waals surface area contributed by atoms with Crippen LogP contribution >= 0.6 is 0 Å². The van der Waals surface area contributed by atoms with Gasteiger partial charge in [0.25, 0.3) is 11.8 Å². The van der Waals surface area contributed by atoms with Gasteiger partial charge in [0.05, 0.1) is 0 Å². The number of carbonyl (C=O) groups excluding carboxylic acids is 3. The average Bonchev–Trinajstić information content (AvgIpc) is 2.92. The number of carbonyl (C=O) groups is 3. The van der Waals surface area contributed by atoms with Crippen molar-refractivity contribution in [2.45, 2.75) is 62.6 Å². The van der Waals surface area contributed by atoms with Gasteiger partial charge in [-0.05, 0) is 49.7 Å². The van der Waals surface area contributed by atoms with Crippen molar-refractivity contribution in [2.75, 3.05) is 0 Å². The summed E-state index contributed by atoms with van der Waals surface area (Å²) in [5.41, 5.74) is 5.14. The lowest BCUT2D eigenvalue weighted by Crippen LogP contribution is -2.60. The molecule has 3 fully saturated rings. The summed E-state index contributed by atoms with van der Waals surface area (Å²) >= 11 is 0. The van der Waals surface area contributed by atoms with Gasteiger partial charge < -0.3 is 15.8 Å². The second-order valence-electron chi connectivity index (χ2n) is 9.01. The molecule has 4 rings (SSSR count). The molecule has 186 valence electrons. The Morgan fingerprint density at radius 1 is 1.18 bits per heavy atom. The smallest absolute Gasteiger partial charge is 0.400 e. The largest absolute Gasteiger partial charge is 0.474 e. The lowest BCUT2D eigenvalue weighted by Gasteiger charge is -2.58. The predicted octanol–water partition coefficient (Wildman–Crippen LogP) is 2.92. The second-order valence-corrected chi connectivity index (χ2v) is 9.01. The van der Waals surface area contributed by atoms with Crippen molar-refractivity contribution in [1.29, 1.82) is 0 Å². The molecule has 2 heterocycles.